The van der Waals surface area contributed by atoms with Gasteiger partial charge in [-0.25, -0.2) is 0 Å². The maximum Gasteiger partial charge on any atom is 0.260 e. The zero-order valence-corrected chi connectivity index (χ0v) is 39.3. The zero-order chi connectivity index (χ0) is 42.8. The Morgan fingerprint density at radius 1 is 0.738 bits per heavy atom. The summed E-state index contributed by atoms with van der Waals surface area (Å²) in [6.45, 7) is 26.4. The highest BCUT2D eigenvalue weighted by Crippen LogP contribution is 2.52. The molecule has 1 aromatic heterocycles. The first-order chi connectivity index (χ1) is 28.9. The molecule has 2 aliphatic heterocycles. The number of anilines is 3. The highest BCUT2D eigenvalue weighted by molar-refractivity contribution is 7.33. The second kappa shape index (κ2) is 14.1. The van der Waals surface area contributed by atoms with Crippen LogP contribution in [0.15, 0.2) is 115 Å². The Balaban J connectivity index is 1.26. The minimum absolute atomic E-state index is 0.0236. The van der Waals surface area contributed by atoms with Gasteiger partial charge in [0.25, 0.3) is 6.71 Å². The lowest BCUT2D eigenvalue weighted by Gasteiger charge is -2.42. The summed E-state index contributed by atoms with van der Waals surface area (Å²) in [5.74, 6) is 0. The van der Waals surface area contributed by atoms with Crippen molar-refractivity contribution in [3.8, 4) is 0 Å². The quantitative estimate of drug-likeness (QED) is 0.160. The lowest BCUT2D eigenvalue weighted by atomic mass is 9.34. The van der Waals surface area contributed by atoms with Crippen LogP contribution in [0.25, 0.3) is 21.2 Å². The highest BCUT2D eigenvalue weighted by Gasteiger charge is 2.45. The van der Waals surface area contributed by atoms with Crippen molar-refractivity contribution >= 4 is 72.0 Å². The van der Waals surface area contributed by atoms with E-state index in [-0.39, 0.29) is 28.4 Å². The molecule has 308 valence electrons. The molecule has 0 atom stereocenters. The molecule has 0 radical (unpaired) electrons. The molecule has 5 aromatic carbocycles. The van der Waals surface area contributed by atoms with Crippen molar-refractivity contribution in [2.75, 3.05) is 4.90 Å². The second-order valence-electron chi connectivity index (χ2n) is 22.0. The van der Waals surface area contributed by atoms with Crippen LogP contribution in [0.4, 0.5) is 17.1 Å². The monoisotopic (exact) mass is 815 g/mol. The van der Waals surface area contributed by atoms with E-state index < -0.39 is 0 Å². The van der Waals surface area contributed by atoms with Gasteiger partial charge in [-0.05, 0) is 158 Å². The topological polar surface area (TPSA) is 3.24 Å². The van der Waals surface area contributed by atoms with E-state index in [1.807, 2.05) is 0 Å². The number of rotatable bonds is 4. The van der Waals surface area contributed by atoms with Crippen LogP contribution in [0.5, 0.6) is 0 Å². The van der Waals surface area contributed by atoms with Crippen LogP contribution >= 0.6 is 11.3 Å². The first-order valence-electron chi connectivity index (χ1n) is 22.9. The largest absolute Gasteiger partial charge is 0.310 e. The molecule has 0 fully saturated rings. The van der Waals surface area contributed by atoms with Gasteiger partial charge in [0.15, 0.2) is 0 Å². The normalized spacial score (nSPS) is 18.1. The Bertz CT molecular complexity index is 2860. The summed E-state index contributed by atoms with van der Waals surface area (Å²) in [6, 6.07) is 36.4. The van der Waals surface area contributed by atoms with E-state index in [1.165, 1.54) is 117 Å². The summed E-state index contributed by atoms with van der Waals surface area (Å²) >= 11 is 2.05. The van der Waals surface area contributed by atoms with Crippen LogP contribution < -0.4 is 20.6 Å². The lowest BCUT2D eigenvalue weighted by molar-refractivity contribution is 0.332. The van der Waals surface area contributed by atoms with Gasteiger partial charge in [-0.1, -0.05) is 160 Å². The number of benzene rings is 5. The third kappa shape index (κ3) is 6.64. The summed E-state index contributed by atoms with van der Waals surface area (Å²) in [5.41, 5.74) is 22.7. The third-order valence-electron chi connectivity index (χ3n) is 14.7. The Morgan fingerprint density at radius 3 is 2.11 bits per heavy atom. The number of hydrogen-bond acceptors (Lipinski definition) is 2. The molecule has 10 rings (SSSR count). The number of nitrogens with zero attached hydrogens (tertiary/aromatic N) is 1. The number of allylic oxidation sites excluding steroid dienone is 5. The van der Waals surface area contributed by atoms with Crippen LogP contribution in [-0.2, 0) is 28.1 Å². The predicted molar refractivity (Wildman–Crippen MR) is 269 cm³/mol. The second-order valence-corrected chi connectivity index (χ2v) is 23.1. The number of hydrogen-bond donors (Lipinski definition) is 0. The minimum atomic E-state index is 0.0236. The average molecular weight is 816 g/mol. The van der Waals surface area contributed by atoms with Crippen LogP contribution in [0.1, 0.15) is 145 Å². The summed E-state index contributed by atoms with van der Waals surface area (Å²) in [6.07, 6.45) is 14.9. The van der Waals surface area contributed by atoms with E-state index >= 15 is 0 Å². The first-order valence-corrected chi connectivity index (χ1v) is 23.7. The summed E-state index contributed by atoms with van der Waals surface area (Å²) in [4.78, 5) is 2.67. The Labute approximate surface area is 370 Å². The van der Waals surface area contributed by atoms with Crippen molar-refractivity contribution in [1.29, 1.82) is 0 Å². The molecule has 0 amide bonds. The van der Waals surface area contributed by atoms with E-state index in [4.69, 9.17) is 0 Å². The molecule has 0 unspecified atom stereocenters. The van der Waals surface area contributed by atoms with Crippen LogP contribution in [0.3, 0.4) is 0 Å². The predicted octanol–water partition coefficient (Wildman–Crippen LogP) is 14.2. The maximum atomic E-state index is 2.67. The summed E-state index contributed by atoms with van der Waals surface area (Å²) in [7, 11) is 0. The molecule has 1 nitrogen and oxygen atoms in total. The Hall–Kier alpha value is -4.86. The first kappa shape index (κ1) is 40.2. The van der Waals surface area contributed by atoms with Gasteiger partial charge in [0.1, 0.15) is 0 Å². The zero-order valence-electron chi connectivity index (χ0n) is 38.4. The van der Waals surface area contributed by atoms with E-state index in [1.54, 1.807) is 0 Å². The average Bonchev–Trinajstić information content (AvgIpc) is 3.59. The van der Waals surface area contributed by atoms with E-state index in [0.717, 1.165) is 19.3 Å². The third-order valence-corrected chi connectivity index (χ3v) is 15.9. The fraction of sp³-hybridized carbons (Fsp3) is 0.345. The molecule has 3 heterocycles. The molecule has 4 aliphatic rings. The Kier molecular flexibility index (Phi) is 9.29. The van der Waals surface area contributed by atoms with Gasteiger partial charge in [0, 0.05) is 26.2 Å². The SMILES string of the molecule is Cc1cc2c3c(c1)N(c1ccc(C(C)(C)C)cc1)c1c(sc4cc5c(cc14)C(C)(C)CCC5(C)C)B3c1ccc(C(C)(C)C)cc1/C2=C\Cc1ccccc1C1=CC=CCC1. The van der Waals surface area contributed by atoms with Crippen molar-refractivity contribution in [3.63, 3.8) is 0 Å². The standard InChI is InChI=1S/C58H62BNS/c1-36-31-45-43(27-21-38-19-15-16-20-42(38)37-17-13-12-14-18-37)44-33-40(56(5,6)7)24-28-49(44)59-52(45)50(32-36)60(41-25-22-39(23-26-41)55(2,3)4)53-46-34-47-48(35-51(46)61-54(53)59)58(10,11)30-29-57(47,8)9/h12-13,15-17,19-20,22-28,31-35H,14,18,21,29-30H2,1-11H3/b43-27+. The summed E-state index contributed by atoms with van der Waals surface area (Å²) < 4.78 is 2.88. The van der Waals surface area contributed by atoms with Gasteiger partial charge in [-0.3, -0.25) is 0 Å². The molecule has 0 saturated carbocycles. The van der Waals surface area contributed by atoms with Crippen molar-refractivity contribution in [3.05, 3.63) is 165 Å². The maximum absolute atomic E-state index is 2.67. The van der Waals surface area contributed by atoms with E-state index in [0.29, 0.717) is 0 Å². The molecule has 0 bridgehead atoms. The van der Waals surface area contributed by atoms with Crippen LogP contribution in [0.2, 0.25) is 0 Å². The van der Waals surface area contributed by atoms with E-state index in [9.17, 15) is 0 Å². The van der Waals surface area contributed by atoms with Crippen molar-refractivity contribution in [2.24, 2.45) is 0 Å². The van der Waals surface area contributed by atoms with Crippen LogP contribution in [0, 0.1) is 6.92 Å². The fourth-order valence-corrected chi connectivity index (χ4v) is 12.3. The van der Waals surface area contributed by atoms with Gasteiger partial charge in [-0.2, -0.15) is 0 Å². The minimum Gasteiger partial charge on any atom is -0.310 e. The van der Waals surface area contributed by atoms with Gasteiger partial charge in [0.2, 0.25) is 0 Å². The molecule has 3 heteroatoms. The number of fused-ring (bicyclic) bond motifs is 7. The molecule has 2 aliphatic carbocycles. The molecule has 0 spiro atoms. The molecule has 61 heavy (non-hydrogen) atoms. The highest BCUT2D eigenvalue weighted by atomic mass is 32.1. The van der Waals surface area contributed by atoms with Crippen LogP contribution in [-0.4, -0.2) is 6.71 Å². The van der Waals surface area contributed by atoms with Gasteiger partial charge < -0.3 is 4.90 Å². The molecule has 0 saturated heterocycles. The van der Waals surface area contributed by atoms with Crippen molar-refractivity contribution < 1.29 is 0 Å². The Morgan fingerprint density at radius 2 is 1.43 bits per heavy atom. The van der Waals surface area contributed by atoms with E-state index in [2.05, 4.69) is 208 Å². The number of aryl methyl sites for hydroxylation is 1. The number of thiophene rings is 1. The summed E-state index contributed by atoms with van der Waals surface area (Å²) in [5, 5.41) is 1.40. The molecule has 6 aromatic rings. The van der Waals surface area contributed by atoms with Gasteiger partial charge in [0.05, 0.1) is 5.69 Å². The smallest absolute Gasteiger partial charge is 0.260 e. The molecular formula is C58H62BNS. The lowest BCUT2D eigenvalue weighted by Crippen LogP contribution is -2.60. The van der Waals surface area contributed by atoms with Gasteiger partial charge >= 0.3 is 0 Å². The molecular weight excluding hydrogens is 754 g/mol. The molecule has 0 N–H and O–H groups in total. The van der Waals surface area contributed by atoms with Crippen molar-refractivity contribution in [1.82, 2.24) is 0 Å². The fourth-order valence-electron chi connectivity index (χ4n) is 10.9. The van der Waals surface area contributed by atoms with Crippen molar-refractivity contribution in [2.45, 2.75) is 130 Å². The van der Waals surface area contributed by atoms with Gasteiger partial charge in [-0.15, -0.1) is 11.3 Å².